The fraction of sp³-hybridized carbons (Fsp3) is 0.0800. The zero-order chi connectivity index (χ0) is 24.2. The summed E-state index contributed by atoms with van der Waals surface area (Å²) in [5, 5.41) is 3.03. The summed E-state index contributed by atoms with van der Waals surface area (Å²) in [6.45, 7) is 0.214. The number of methoxy groups -OCH3 is 1. The molecule has 9 heteroatoms. The van der Waals surface area contributed by atoms with Crippen LogP contribution >= 0.6 is 23.8 Å². The van der Waals surface area contributed by atoms with Crippen LogP contribution in [0.15, 0.2) is 72.3 Å². The molecule has 0 spiro atoms. The smallest absolute Gasteiger partial charge is 0.270 e. The summed E-state index contributed by atoms with van der Waals surface area (Å²) in [6, 6.07) is 17.5. The molecule has 1 saturated heterocycles. The van der Waals surface area contributed by atoms with Gasteiger partial charge in [-0.1, -0.05) is 29.8 Å². The predicted octanol–water partition coefficient (Wildman–Crippen LogP) is 4.90. The van der Waals surface area contributed by atoms with Gasteiger partial charge in [0.1, 0.15) is 18.0 Å². The molecule has 6 nitrogen and oxygen atoms in total. The number of nitrogens with one attached hydrogen (secondary N) is 1. The third kappa shape index (κ3) is 5.08. The first-order chi connectivity index (χ1) is 16.4. The summed E-state index contributed by atoms with van der Waals surface area (Å²) in [4.78, 5) is 26.9. The fourth-order valence-electron chi connectivity index (χ4n) is 3.28. The first-order valence-corrected chi connectivity index (χ1v) is 10.9. The van der Waals surface area contributed by atoms with Gasteiger partial charge in [0.15, 0.2) is 16.6 Å². The van der Waals surface area contributed by atoms with E-state index in [-0.39, 0.29) is 23.1 Å². The number of hydrogen-bond acceptors (Lipinski definition) is 5. The van der Waals surface area contributed by atoms with E-state index in [1.165, 1.54) is 30.2 Å². The summed E-state index contributed by atoms with van der Waals surface area (Å²) in [6.07, 6.45) is 1.45. The Morgan fingerprint density at radius 3 is 2.41 bits per heavy atom. The van der Waals surface area contributed by atoms with Crippen molar-refractivity contribution < 1.29 is 23.5 Å². The Morgan fingerprint density at radius 1 is 1.03 bits per heavy atom. The number of carbonyl (C=O) groups is 2. The van der Waals surface area contributed by atoms with Crippen LogP contribution in [0, 0.1) is 5.82 Å². The van der Waals surface area contributed by atoms with Crippen LogP contribution in [0.1, 0.15) is 11.1 Å². The van der Waals surface area contributed by atoms with Crippen molar-refractivity contribution in [1.29, 1.82) is 0 Å². The molecule has 3 aromatic carbocycles. The number of halogens is 2. The lowest BCUT2D eigenvalue weighted by molar-refractivity contribution is -0.122. The molecule has 1 heterocycles. The van der Waals surface area contributed by atoms with Crippen LogP contribution in [0.2, 0.25) is 5.02 Å². The van der Waals surface area contributed by atoms with Crippen LogP contribution < -0.4 is 19.7 Å². The average molecular weight is 497 g/mol. The quantitative estimate of drug-likeness (QED) is 0.299. The standard InChI is InChI=1S/C25H18ClFN2O4S/c1-32-22-13-16(4-11-21(22)33-14-15-2-7-18(27)8-3-15)12-20-23(30)28-25(34)29(24(20)31)19-9-5-17(26)6-10-19/h2-13H,14H2,1H3,(H,28,30,34). The third-order valence-corrected chi connectivity index (χ3v) is 5.53. The van der Waals surface area contributed by atoms with Gasteiger partial charge in [0.2, 0.25) is 0 Å². The molecule has 3 aromatic rings. The van der Waals surface area contributed by atoms with Gasteiger partial charge in [-0.3, -0.25) is 19.8 Å². The van der Waals surface area contributed by atoms with Crippen LogP contribution in [-0.4, -0.2) is 24.0 Å². The van der Waals surface area contributed by atoms with E-state index in [0.29, 0.717) is 27.8 Å². The Labute approximate surface area is 205 Å². The summed E-state index contributed by atoms with van der Waals surface area (Å²) >= 11 is 11.1. The summed E-state index contributed by atoms with van der Waals surface area (Å²) in [7, 11) is 1.48. The first-order valence-electron chi connectivity index (χ1n) is 10.1. The number of hydrogen-bond donors (Lipinski definition) is 1. The van der Waals surface area contributed by atoms with Gasteiger partial charge in [-0.2, -0.15) is 0 Å². The molecular formula is C25H18ClFN2O4S. The number of benzene rings is 3. The van der Waals surface area contributed by atoms with Crippen molar-refractivity contribution in [3.05, 3.63) is 94.3 Å². The number of nitrogens with zero attached hydrogens (tertiary/aromatic N) is 1. The molecule has 1 fully saturated rings. The maximum absolute atomic E-state index is 13.1. The second-order valence-electron chi connectivity index (χ2n) is 7.26. The van der Waals surface area contributed by atoms with Crippen molar-refractivity contribution in [2.75, 3.05) is 12.0 Å². The minimum atomic E-state index is -0.601. The van der Waals surface area contributed by atoms with Crippen molar-refractivity contribution in [2.24, 2.45) is 0 Å². The second kappa shape index (κ2) is 10.0. The molecule has 0 bridgehead atoms. The lowest BCUT2D eigenvalue weighted by atomic mass is 10.1. The van der Waals surface area contributed by atoms with E-state index in [9.17, 15) is 14.0 Å². The minimum Gasteiger partial charge on any atom is -0.493 e. The van der Waals surface area contributed by atoms with Gasteiger partial charge in [-0.15, -0.1) is 0 Å². The molecule has 0 aliphatic carbocycles. The molecule has 4 rings (SSSR count). The van der Waals surface area contributed by atoms with E-state index >= 15 is 0 Å². The molecule has 172 valence electrons. The van der Waals surface area contributed by atoms with E-state index in [0.717, 1.165) is 5.56 Å². The first kappa shape index (κ1) is 23.4. The number of thiocarbonyl (C=S) groups is 1. The summed E-state index contributed by atoms with van der Waals surface area (Å²) in [5.41, 5.74) is 1.73. The van der Waals surface area contributed by atoms with E-state index in [1.807, 2.05) is 0 Å². The number of anilines is 1. The third-order valence-electron chi connectivity index (χ3n) is 4.99. The highest BCUT2D eigenvalue weighted by atomic mass is 35.5. The van der Waals surface area contributed by atoms with E-state index in [2.05, 4.69) is 5.32 Å². The lowest BCUT2D eigenvalue weighted by Crippen LogP contribution is -2.54. The molecule has 0 unspecified atom stereocenters. The van der Waals surface area contributed by atoms with Gasteiger partial charge in [0.05, 0.1) is 12.8 Å². The van der Waals surface area contributed by atoms with Crippen molar-refractivity contribution in [2.45, 2.75) is 6.61 Å². The number of carbonyl (C=O) groups excluding carboxylic acids is 2. The predicted molar refractivity (Wildman–Crippen MR) is 131 cm³/mol. The van der Waals surface area contributed by atoms with Crippen molar-refractivity contribution >= 4 is 52.5 Å². The molecule has 2 amide bonds. The molecule has 0 atom stereocenters. The summed E-state index contributed by atoms with van der Waals surface area (Å²) < 4.78 is 24.3. The maximum atomic E-state index is 13.1. The highest BCUT2D eigenvalue weighted by Crippen LogP contribution is 2.30. The van der Waals surface area contributed by atoms with Gasteiger partial charge < -0.3 is 9.47 Å². The lowest BCUT2D eigenvalue weighted by Gasteiger charge is -2.29. The van der Waals surface area contributed by atoms with Crippen LogP contribution in [0.3, 0.4) is 0 Å². The maximum Gasteiger partial charge on any atom is 0.270 e. The summed E-state index contributed by atoms with van der Waals surface area (Å²) in [5.74, 6) is -0.625. The Morgan fingerprint density at radius 2 is 1.74 bits per heavy atom. The van der Waals surface area contributed by atoms with Gasteiger partial charge in [0, 0.05) is 5.02 Å². The zero-order valence-corrected chi connectivity index (χ0v) is 19.5. The van der Waals surface area contributed by atoms with Crippen molar-refractivity contribution in [1.82, 2.24) is 5.32 Å². The highest BCUT2D eigenvalue weighted by Gasteiger charge is 2.34. The highest BCUT2D eigenvalue weighted by molar-refractivity contribution is 7.80. The van der Waals surface area contributed by atoms with Crippen molar-refractivity contribution in [3.63, 3.8) is 0 Å². The number of rotatable bonds is 6. The Hall–Kier alpha value is -3.75. The average Bonchev–Trinajstić information content (AvgIpc) is 2.83. The molecule has 1 N–H and O–H groups in total. The van der Waals surface area contributed by atoms with Gasteiger partial charge in [-0.25, -0.2) is 4.39 Å². The molecule has 0 aromatic heterocycles. The van der Waals surface area contributed by atoms with E-state index in [1.54, 1.807) is 54.6 Å². The molecule has 34 heavy (non-hydrogen) atoms. The second-order valence-corrected chi connectivity index (χ2v) is 8.08. The molecular weight excluding hydrogens is 479 g/mol. The van der Waals surface area contributed by atoms with Gasteiger partial charge in [0.25, 0.3) is 11.8 Å². The van der Waals surface area contributed by atoms with Gasteiger partial charge >= 0.3 is 0 Å². The van der Waals surface area contributed by atoms with Crippen LogP contribution in [0.25, 0.3) is 6.08 Å². The SMILES string of the molecule is COc1cc(C=C2C(=O)NC(=S)N(c3ccc(Cl)cc3)C2=O)ccc1OCc1ccc(F)cc1. The Kier molecular flexibility index (Phi) is 6.90. The van der Waals surface area contributed by atoms with E-state index < -0.39 is 11.8 Å². The zero-order valence-electron chi connectivity index (χ0n) is 17.9. The topological polar surface area (TPSA) is 67.9 Å². The molecule has 1 aliphatic heterocycles. The molecule has 1 aliphatic rings. The van der Waals surface area contributed by atoms with Gasteiger partial charge in [-0.05, 0) is 78.0 Å². The molecule has 0 saturated carbocycles. The number of amides is 2. The van der Waals surface area contributed by atoms with Crippen molar-refractivity contribution in [3.8, 4) is 11.5 Å². The molecule has 0 radical (unpaired) electrons. The van der Waals surface area contributed by atoms with E-state index in [4.69, 9.17) is 33.3 Å². The monoisotopic (exact) mass is 496 g/mol. The number of ether oxygens (including phenoxy) is 2. The van der Waals surface area contributed by atoms with Crippen LogP contribution in [0.4, 0.5) is 10.1 Å². The normalized spacial score (nSPS) is 14.9. The largest absolute Gasteiger partial charge is 0.493 e. The Balaban J connectivity index is 1.58. The van der Waals surface area contributed by atoms with Crippen LogP contribution in [-0.2, 0) is 16.2 Å². The Bertz CT molecular complexity index is 1290. The fourth-order valence-corrected chi connectivity index (χ4v) is 3.69. The van der Waals surface area contributed by atoms with Crippen LogP contribution in [0.5, 0.6) is 11.5 Å². The minimum absolute atomic E-state index is 0.0170.